The van der Waals surface area contributed by atoms with Gasteiger partial charge < -0.3 is 0 Å². The van der Waals surface area contributed by atoms with E-state index >= 15 is 0 Å². The zero-order chi connectivity index (χ0) is 15.0. The molecule has 4 heteroatoms. The van der Waals surface area contributed by atoms with Gasteiger partial charge in [0.05, 0.1) is 0 Å². The Morgan fingerprint density at radius 2 is 1.36 bits per heavy atom. The molecule has 0 spiro atoms. The monoisotopic (exact) mass is 372 g/mol. The molecule has 1 unspecified atom stereocenters. The van der Waals surface area contributed by atoms with Crippen LogP contribution < -0.4 is 14.3 Å². The molecule has 3 aromatic carbocycles. The molecule has 0 saturated heterocycles. The van der Waals surface area contributed by atoms with Crippen molar-refractivity contribution in [1.29, 1.82) is 0 Å². The van der Waals surface area contributed by atoms with Crippen molar-refractivity contribution in [3.63, 3.8) is 0 Å². The number of rotatable bonds is 2. The topological polar surface area (TPSA) is 26.3 Å². The predicted molar refractivity (Wildman–Crippen MR) is 91.6 cm³/mol. The second-order valence-corrected chi connectivity index (χ2v) is 12.0. The van der Waals surface area contributed by atoms with E-state index in [1.807, 2.05) is 78.9 Å². The van der Waals surface area contributed by atoms with Gasteiger partial charge in [0.15, 0.2) is 0 Å². The Hall–Kier alpha value is -1.79. The van der Waals surface area contributed by atoms with Crippen LogP contribution in [0.25, 0.3) is 11.1 Å². The van der Waals surface area contributed by atoms with Gasteiger partial charge in [0, 0.05) is 0 Å². The van der Waals surface area contributed by atoms with Crippen LogP contribution in [0.2, 0.25) is 0 Å². The Balaban J connectivity index is 1.87. The quantitative estimate of drug-likeness (QED) is 0.508. The third kappa shape index (κ3) is 2.32. The number of hydrogen-bond acceptors (Lipinski definition) is 2. The van der Waals surface area contributed by atoms with E-state index in [-0.39, 0.29) is 14.5 Å². The van der Waals surface area contributed by atoms with E-state index in [1.54, 1.807) is 0 Å². The maximum absolute atomic E-state index is 13.6. The predicted octanol–water partition coefficient (Wildman–Crippen LogP) is 3.59. The summed E-state index contributed by atoms with van der Waals surface area (Å²) in [6.07, 6.45) is 0. The van der Waals surface area contributed by atoms with Crippen LogP contribution in [0.4, 0.5) is 0 Å². The van der Waals surface area contributed by atoms with Crippen LogP contribution in [0.3, 0.4) is 0 Å². The van der Waals surface area contributed by atoms with Gasteiger partial charge in [-0.25, -0.2) is 0 Å². The number of fused-ring (bicyclic) bond motifs is 3. The average molecular weight is 371 g/mol. The number of para-hydroxylation sites is 1. The molecule has 0 saturated carbocycles. The van der Waals surface area contributed by atoms with E-state index < -0.39 is 6.06 Å². The first-order chi connectivity index (χ1) is 10.8. The first kappa shape index (κ1) is 13.8. The molecule has 1 heterocycles. The van der Waals surface area contributed by atoms with Gasteiger partial charge in [-0.1, -0.05) is 0 Å². The zero-order valence-corrected chi connectivity index (χ0v) is 14.3. The summed E-state index contributed by atoms with van der Waals surface area (Å²) >= 11 is -0.252. The summed E-state index contributed by atoms with van der Waals surface area (Å²) in [4.78, 5) is 0. The second kappa shape index (κ2) is 5.44. The van der Waals surface area contributed by atoms with E-state index in [0.29, 0.717) is 0 Å². The van der Waals surface area contributed by atoms with Crippen molar-refractivity contribution in [3.8, 4) is 16.9 Å². The molecule has 3 aromatic rings. The van der Waals surface area contributed by atoms with Gasteiger partial charge in [-0.05, 0) is 0 Å². The first-order valence-corrected chi connectivity index (χ1v) is 11.7. The summed E-state index contributed by atoms with van der Waals surface area (Å²) < 4.78 is 20.7. The Labute approximate surface area is 135 Å². The number of benzene rings is 3. The van der Waals surface area contributed by atoms with Gasteiger partial charge in [-0.15, -0.1) is 0 Å². The molecule has 1 aliphatic heterocycles. The van der Waals surface area contributed by atoms with E-state index in [4.69, 9.17) is 4.52 Å². The van der Waals surface area contributed by atoms with Crippen molar-refractivity contribution >= 4 is 30.3 Å². The van der Waals surface area contributed by atoms with Crippen molar-refractivity contribution in [2.75, 3.05) is 0 Å². The van der Waals surface area contributed by atoms with Crippen LogP contribution in [0.1, 0.15) is 0 Å². The average Bonchev–Trinajstić information content (AvgIpc) is 2.56. The third-order valence-electron chi connectivity index (χ3n) is 3.56. The molecule has 0 aliphatic carbocycles. The standard InChI is InChI=1S/C18H13O2PSe/c19-21(22-14-8-2-1-3-9-14)18-13-7-5-11-16(18)15-10-4-6-12-17(15)20-21/h1-13H. The van der Waals surface area contributed by atoms with Gasteiger partial charge in [-0.3, -0.25) is 0 Å². The summed E-state index contributed by atoms with van der Waals surface area (Å²) in [6, 6.07) is 22.8. The summed E-state index contributed by atoms with van der Waals surface area (Å²) in [5, 5.41) is 0.845. The molecule has 22 heavy (non-hydrogen) atoms. The molecule has 0 amide bonds. The Morgan fingerprint density at radius 3 is 2.18 bits per heavy atom. The molecule has 0 aromatic heterocycles. The fraction of sp³-hybridized carbons (Fsp3) is 0. The van der Waals surface area contributed by atoms with Crippen LogP contribution in [-0.2, 0) is 4.57 Å². The summed E-state index contributed by atoms with van der Waals surface area (Å²) in [7, 11) is 0. The minimum absolute atomic E-state index is 0.252. The second-order valence-electron chi connectivity index (χ2n) is 5.01. The summed E-state index contributed by atoms with van der Waals surface area (Å²) in [5.74, 6) is 0.724. The van der Waals surface area contributed by atoms with Crippen LogP contribution >= 0.6 is 6.06 Å². The van der Waals surface area contributed by atoms with Gasteiger partial charge in [-0.2, -0.15) is 0 Å². The van der Waals surface area contributed by atoms with E-state index in [1.165, 1.54) is 0 Å². The molecule has 108 valence electrons. The Morgan fingerprint density at radius 1 is 0.727 bits per heavy atom. The first-order valence-electron chi connectivity index (χ1n) is 6.99. The maximum atomic E-state index is 13.6. The van der Waals surface area contributed by atoms with Crippen LogP contribution in [0, 0.1) is 0 Å². The van der Waals surface area contributed by atoms with Crippen LogP contribution in [0.5, 0.6) is 5.75 Å². The van der Waals surface area contributed by atoms with Crippen molar-refractivity contribution in [3.05, 3.63) is 78.9 Å². The minimum atomic E-state index is -2.90. The Bertz CT molecular complexity index is 871. The van der Waals surface area contributed by atoms with Crippen molar-refractivity contribution in [2.45, 2.75) is 0 Å². The van der Waals surface area contributed by atoms with Crippen molar-refractivity contribution in [2.24, 2.45) is 0 Å². The van der Waals surface area contributed by atoms with Gasteiger partial charge >= 0.3 is 135 Å². The summed E-state index contributed by atoms with van der Waals surface area (Å²) in [6.45, 7) is 0. The van der Waals surface area contributed by atoms with Gasteiger partial charge in [0.25, 0.3) is 0 Å². The molecule has 0 N–H and O–H groups in total. The van der Waals surface area contributed by atoms with Gasteiger partial charge in [0.1, 0.15) is 0 Å². The summed E-state index contributed by atoms with van der Waals surface area (Å²) in [5.41, 5.74) is 2.05. The van der Waals surface area contributed by atoms with Crippen LogP contribution in [-0.4, -0.2) is 14.5 Å². The number of hydrogen-bond donors (Lipinski definition) is 0. The SMILES string of the molecule is O=P1([Se]c2ccccc2)Oc2ccccc2-c2ccccc21. The van der Waals surface area contributed by atoms with Crippen molar-refractivity contribution < 1.29 is 9.09 Å². The Kier molecular flexibility index (Phi) is 3.42. The van der Waals surface area contributed by atoms with E-state index in [2.05, 4.69) is 0 Å². The van der Waals surface area contributed by atoms with Crippen LogP contribution in [0.15, 0.2) is 78.9 Å². The third-order valence-corrected chi connectivity index (χ3v) is 10.5. The molecule has 0 fully saturated rings. The molecular weight excluding hydrogens is 358 g/mol. The van der Waals surface area contributed by atoms with Crippen molar-refractivity contribution in [1.82, 2.24) is 0 Å². The molecular formula is C18H13O2PSe. The van der Waals surface area contributed by atoms with E-state index in [9.17, 15) is 4.57 Å². The molecule has 1 aliphatic rings. The fourth-order valence-corrected chi connectivity index (χ4v) is 9.59. The fourth-order valence-electron chi connectivity index (χ4n) is 2.58. The molecule has 0 bridgehead atoms. The normalized spacial score (nSPS) is 18.9. The van der Waals surface area contributed by atoms with E-state index in [0.717, 1.165) is 26.6 Å². The zero-order valence-electron chi connectivity index (χ0n) is 11.7. The molecule has 0 radical (unpaired) electrons. The molecule has 1 atom stereocenters. The van der Waals surface area contributed by atoms with Gasteiger partial charge in [0.2, 0.25) is 0 Å². The molecule has 2 nitrogen and oxygen atoms in total. The molecule has 4 rings (SSSR count).